The average Bonchev–Trinajstić information content (AvgIpc) is 2.78. The summed E-state index contributed by atoms with van der Waals surface area (Å²) < 4.78 is 26.4. The molecule has 0 bridgehead atoms. The standard InChI is InChI=1S/C14H14Cl2F2N2O/c15-9-3-8-1-2-20(6-10(8)11(16)4-9)13(21)12-5-14(17,18)7-19-12/h3-4,12,19H,1-2,5-7H2. The Labute approximate surface area is 131 Å². The molecular weight excluding hydrogens is 321 g/mol. The zero-order chi connectivity index (χ0) is 15.2. The molecule has 2 aliphatic rings. The first-order valence-corrected chi connectivity index (χ1v) is 7.48. The largest absolute Gasteiger partial charge is 0.337 e. The van der Waals surface area contributed by atoms with Crippen LogP contribution in [0.4, 0.5) is 8.78 Å². The molecule has 0 aliphatic carbocycles. The second kappa shape index (κ2) is 5.38. The minimum atomic E-state index is -2.81. The van der Waals surface area contributed by atoms with Crippen LogP contribution in [0.25, 0.3) is 0 Å². The van der Waals surface area contributed by atoms with E-state index in [0.717, 1.165) is 11.1 Å². The second-order valence-electron chi connectivity index (χ2n) is 5.53. The fourth-order valence-corrected chi connectivity index (χ4v) is 3.48. The summed E-state index contributed by atoms with van der Waals surface area (Å²) in [6.07, 6.45) is 0.188. The van der Waals surface area contributed by atoms with Crippen LogP contribution in [0.3, 0.4) is 0 Å². The molecule has 1 amide bonds. The molecule has 0 spiro atoms. The van der Waals surface area contributed by atoms with Gasteiger partial charge in [-0.15, -0.1) is 0 Å². The highest BCUT2D eigenvalue weighted by molar-refractivity contribution is 6.35. The Morgan fingerprint density at radius 2 is 2.14 bits per heavy atom. The van der Waals surface area contributed by atoms with Crippen molar-refractivity contribution in [3.63, 3.8) is 0 Å². The molecule has 0 radical (unpaired) electrons. The number of fused-ring (bicyclic) bond motifs is 1. The van der Waals surface area contributed by atoms with Gasteiger partial charge in [-0.25, -0.2) is 8.78 Å². The summed E-state index contributed by atoms with van der Waals surface area (Å²) >= 11 is 12.1. The molecule has 1 unspecified atom stereocenters. The van der Waals surface area contributed by atoms with Gasteiger partial charge < -0.3 is 4.90 Å². The third kappa shape index (κ3) is 3.00. The first kappa shape index (κ1) is 15.0. The van der Waals surface area contributed by atoms with Crippen LogP contribution in [0, 0.1) is 0 Å². The van der Waals surface area contributed by atoms with Crippen molar-refractivity contribution in [3.05, 3.63) is 33.3 Å². The predicted molar refractivity (Wildman–Crippen MR) is 76.9 cm³/mol. The summed E-state index contributed by atoms with van der Waals surface area (Å²) in [5, 5.41) is 3.68. The molecule has 1 N–H and O–H groups in total. The summed E-state index contributed by atoms with van der Waals surface area (Å²) in [5.41, 5.74) is 1.87. The van der Waals surface area contributed by atoms with E-state index in [1.54, 1.807) is 11.0 Å². The lowest BCUT2D eigenvalue weighted by atomic mass is 9.99. The van der Waals surface area contributed by atoms with Crippen molar-refractivity contribution in [2.45, 2.75) is 31.4 Å². The fraction of sp³-hybridized carbons (Fsp3) is 0.500. The second-order valence-corrected chi connectivity index (χ2v) is 6.37. The molecule has 21 heavy (non-hydrogen) atoms. The van der Waals surface area contributed by atoms with E-state index in [1.807, 2.05) is 6.07 Å². The van der Waals surface area contributed by atoms with Crippen LogP contribution in [0.5, 0.6) is 0 Å². The summed E-state index contributed by atoms with van der Waals surface area (Å²) in [6, 6.07) is 2.66. The summed E-state index contributed by atoms with van der Waals surface area (Å²) in [4.78, 5) is 13.9. The van der Waals surface area contributed by atoms with Gasteiger partial charge in [-0.1, -0.05) is 23.2 Å². The van der Waals surface area contributed by atoms with E-state index in [4.69, 9.17) is 23.2 Å². The zero-order valence-corrected chi connectivity index (χ0v) is 12.6. The lowest BCUT2D eigenvalue weighted by molar-refractivity contribution is -0.134. The number of carbonyl (C=O) groups is 1. The smallest absolute Gasteiger partial charge is 0.262 e. The summed E-state index contributed by atoms with van der Waals surface area (Å²) in [5.74, 6) is -3.09. The third-order valence-corrected chi connectivity index (χ3v) is 4.53. The van der Waals surface area contributed by atoms with Crippen LogP contribution in [0.1, 0.15) is 17.5 Å². The minimum Gasteiger partial charge on any atom is -0.337 e. The van der Waals surface area contributed by atoms with E-state index >= 15 is 0 Å². The number of nitrogens with one attached hydrogen (secondary N) is 1. The van der Waals surface area contributed by atoms with Gasteiger partial charge in [0.15, 0.2) is 0 Å². The Morgan fingerprint density at radius 3 is 2.81 bits per heavy atom. The van der Waals surface area contributed by atoms with E-state index in [0.29, 0.717) is 29.6 Å². The first-order valence-electron chi connectivity index (χ1n) is 6.72. The number of halogens is 4. The number of amides is 1. The zero-order valence-electron chi connectivity index (χ0n) is 11.1. The molecular formula is C14H14Cl2F2N2O. The van der Waals surface area contributed by atoms with Gasteiger partial charge in [-0.05, 0) is 29.7 Å². The molecule has 1 aromatic carbocycles. The van der Waals surface area contributed by atoms with Gasteiger partial charge >= 0.3 is 0 Å². The summed E-state index contributed by atoms with van der Waals surface area (Å²) in [7, 11) is 0. The number of carbonyl (C=O) groups excluding carboxylic acids is 1. The van der Waals surface area contributed by atoms with Crippen LogP contribution in [-0.4, -0.2) is 35.9 Å². The molecule has 114 valence electrons. The Bertz CT molecular complexity index is 595. The maximum atomic E-state index is 13.2. The first-order chi connectivity index (χ1) is 9.85. The molecule has 2 aliphatic heterocycles. The van der Waals surface area contributed by atoms with E-state index in [-0.39, 0.29) is 5.91 Å². The number of rotatable bonds is 1. The molecule has 0 aromatic heterocycles. The normalized spacial score (nSPS) is 24.0. The van der Waals surface area contributed by atoms with Gasteiger partial charge in [0.2, 0.25) is 5.91 Å². The van der Waals surface area contributed by atoms with Crippen LogP contribution in [-0.2, 0) is 17.8 Å². The Balaban J connectivity index is 1.76. The molecule has 7 heteroatoms. The van der Waals surface area contributed by atoms with Crippen molar-refractivity contribution in [2.75, 3.05) is 13.1 Å². The highest BCUT2D eigenvalue weighted by Gasteiger charge is 2.43. The van der Waals surface area contributed by atoms with Crippen LogP contribution >= 0.6 is 23.2 Å². The summed E-state index contributed by atoms with van der Waals surface area (Å²) in [6.45, 7) is 0.393. The maximum Gasteiger partial charge on any atom is 0.262 e. The molecule has 3 nitrogen and oxygen atoms in total. The predicted octanol–water partition coefficient (Wildman–Crippen LogP) is 2.88. The van der Waals surface area contributed by atoms with Crippen LogP contribution < -0.4 is 5.32 Å². The quantitative estimate of drug-likeness (QED) is 0.856. The fourth-order valence-electron chi connectivity index (χ4n) is 2.88. The van der Waals surface area contributed by atoms with Crippen molar-refractivity contribution in [1.82, 2.24) is 10.2 Å². The van der Waals surface area contributed by atoms with E-state index in [9.17, 15) is 13.6 Å². The van der Waals surface area contributed by atoms with Crippen molar-refractivity contribution in [3.8, 4) is 0 Å². The molecule has 1 atom stereocenters. The van der Waals surface area contributed by atoms with Gasteiger partial charge in [0.05, 0.1) is 12.6 Å². The minimum absolute atomic E-state index is 0.288. The van der Waals surface area contributed by atoms with Crippen LogP contribution in [0.15, 0.2) is 12.1 Å². The average molecular weight is 335 g/mol. The van der Waals surface area contributed by atoms with Crippen molar-refractivity contribution < 1.29 is 13.6 Å². The molecule has 2 heterocycles. The van der Waals surface area contributed by atoms with Gasteiger partial charge in [-0.3, -0.25) is 10.1 Å². The van der Waals surface area contributed by atoms with E-state index in [1.165, 1.54) is 0 Å². The van der Waals surface area contributed by atoms with Gasteiger partial charge in [0.25, 0.3) is 5.92 Å². The van der Waals surface area contributed by atoms with Crippen molar-refractivity contribution in [1.29, 1.82) is 0 Å². The SMILES string of the molecule is O=C(C1CC(F)(F)CN1)N1CCc2cc(Cl)cc(Cl)c2C1. The third-order valence-electron chi connectivity index (χ3n) is 3.97. The number of hydrogen-bond acceptors (Lipinski definition) is 2. The molecule has 1 aromatic rings. The maximum absolute atomic E-state index is 13.2. The topological polar surface area (TPSA) is 32.3 Å². The van der Waals surface area contributed by atoms with Crippen molar-refractivity contribution >= 4 is 29.1 Å². The lowest BCUT2D eigenvalue weighted by Gasteiger charge is -2.31. The van der Waals surface area contributed by atoms with Crippen LogP contribution in [0.2, 0.25) is 10.0 Å². The van der Waals surface area contributed by atoms with E-state index in [2.05, 4.69) is 5.32 Å². The Morgan fingerprint density at radius 1 is 1.38 bits per heavy atom. The highest BCUT2D eigenvalue weighted by Crippen LogP contribution is 2.31. The number of nitrogens with zero attached hydrogens (tertiary/aromatic N) is 1. The lowest BCUT2D eigenvalue weighted by Crippen LogP contribution is -2.45. The molecule has 1 fully saturated rings. The molecule has 1 saturated heterocycles. The number of hydrogen-bond donors (Lipinski definition) is 1. The van der Waals surface area contributed by atoms with Gasteiger partial charge in [0.1, 0.15) is 0 Å². The van der Waals surface area contributed by atoms with Gasteiger partial charge in [-0.2, -0.15) is 0 Å². The van der Waals surface area contributed by atoms with Crippen molar-refractivity contribution in [2.24, 2.45) is 0 Å². The van der Waals surface area contributed by atoms with Gasteiger partial charge in [0, 0.05) is 29.6 Å². The Kier molecular flexibility index (Phi) is 3.84. The number of alkyl halides is 2. The Hall–Kier alpha value is -0.910. The molecule has 0 saturated carbocycles. The molecule has 3 rings (SSSR count). The monoisotopic (exact) mass is 334 g/mol. The number of benzene rings is 1. The van der Waals surface area contributed by atoms with E-state index < -0.39 is 24.9 Å². The highest BCUT2D eigenvalue weighted by atomic mass is 35.5.